The molecule has 0 aliphatic heterocycles. The molecular weight excluding hydrogens is 497 g/mol. The summed E-state index contributed by atoms with van der Waals surface area (Å²) in [6.45, 7) is 5.63. The van der Waals surface area contributed by atoms with Crippen LogP contribution in [0.4, 0.5) is 0 Å². The summed E-state index contributed by atoms with van der Waals surface area (Å²) < 4.78 is 26.6. The van der Waals surface area contributed by atoms with Crippen molar-refractivity contribution in [1.29, 1.82) is 0 Å². The van der Waals surface area contributed by atoms with Gasteiger partial charge in [-0.05, 0) is 57.0 Å². The van der Waals surface area contributed by atoms with Gasteiger partial charge in [0.2, 0.25) is 21.8 Å². The first-order valence-electron chi connectivity index (χ1n) is 11.0. The molecule has 1 atom stereocenters. The Morgan fingerprint density at radius 3 is 2.26 bits per heavy atom. The van der Waals surface area contributed by atoms with Gasteiger partial charge >= 0.3 is 0 Å². The Balaban J connectivity index is 2.12. The maximum atomic E-state index is 13.2. The molecule has 34 heavy (non-hydrogen) atoms. The number of halogens is 2. The van der Waals surface area contributed by atoms with Gasteiger partial charge in [0, 0.05) is 42.6 Å². The highest BCUT2D eigenvalue weighted by Crippen LogP contribution is 2.24. The topological polar surface area (TPSA) is 86.8 Å². The molecule has 0 heterocycles. The van der Waals surface area contributed by atoms with Gasteiger partial charge in [0.1, 0.15) is 6.04 Å². The third-order valence-corrected chi connectivity index (χ3v) is 7.73. The van der Waals surface area contributed by atoms with E-state index >= 15 is 0 Å². The molecule has 0 radical (unpaired) electrons. The van der Waals surface area contributed by atoms with E-state index in [-0.39, 0.29) is 42.3 Å². The predicted octanol–water partition coefficient (Wildman–Crippen LogP) is 4.34. The van der Waals surface area contributed by atoms with E-state index in [0.29, 0.717) is 22.0 Å². The Labute approximate surface area is 212 Å². The van der Waals surface area contributed by atoms with Crippen molar-refractivity contribution in [1.82, 2.24) is 14.5 Å². The van der Waals surface area contributed by atoms with Crippen molar-refractivity contribution in [2.75, 3.05) is 13.6 Å². The van der Waals surface area contributed by atoms with E-state index < -0.39 is 16.1 Å². The fraction of sp³-hybridized carbons (Fsp3) is 0.417. The van der Waals surface area contributed by atoms with E-state index in [9.17, 15) is 18.0 Å². The van der Waals surface area contributed by atoms with Crippen LogP contribution in [0.2, 0.25) is 10.0 Å². The highest BCUT2D eigenvalue weighted by atomic mass is 35.5. The first-order chi connectivity index (χ1) is 15.9. The summed E-state index contributed by atoms with van der Waals surface area (Å²) in [7, 11) is -2.16. The molecule has 0 saturated carbocycles. The number of carbonyl (C=O) groups is 2. The molecular formula is C24H31Cl2N3O4S. The van der Waals surface area contributed by atoms with Crippen molar-refractivity contribution in [3.05, 3.63) is 64.1 Å². The van der Waals surface area contributed by atoms with E-state index in [1.165, 1.54) is 28.4 Å². The summed E-state index contributed by atoms with van der Waals surface area (Å²) in [5, 5.41) is 3.70. The standard InChI is InChI=1S/C24H31Cl2N3O4S/c1-17(2)27-24(31)18(3)29(16-19-12-13-20(25)15-22(19)26)23(30)11-8-14-28(4)34(32,33)21-9-6-5-7-10-21/h5-7,9-10,12-13,15,17-18H,8,11,14,16H2,1-4H3,(H,27,31)/t18-/m0/s1. The van der Waals surface area contributed by atoms with Crippen LogP contribution in [0.25, 0.3) is 0 Å². The fourth-order valence-electron chi connectivity index (χ4n) is 3.31. The summed E-state index contributed by atoms with van der Waals surface area (Å²) in [4.78, 5) is 27.5. The number of carbonyl (C=O) groups excluding carboxylic acids is 2. The van der Waals surface area contributed by atoms with Crippen LogP contribution >= 0.6 is 23.2 Å². The monoisotopic (exact) mass is 527 g/mol. The summed E-state index contributed by atoms with van der Waals surface area (Å²) >= 11 is 12.3. The quantitative estimate of drug-likeness (QED) is 0.470. The molecule has 2 aromatic carbocycles. The van der Waals surface area contributed by atoms with Crippen LogP contribution in [-0.2, 0) is 26.2 Å². The smallest absolute Gasteiger partial charge is 0.242 e. The number of sulfonamides is 1. The van der Waals surface area contributed by atoms with Gasteiger partial charge in [0.15, 0.2) is 0 Å². The lowest BCUT2D eigenvalue weighted by Crippen LogP contribution is -2.49. The number of benzene rings is 2. The summed E-state index contributed by atoms with van der Waals surface area (Å²) in [5.74, 6) is -0.555. The summed E-state index contributed by atoms with van der Waals surface area (Å²) in [6, 6.07) is 12.3. The molecule has 0 fully saturated rings. The molecule has 186 valence electrons. The molecule has 0 unspecified atom stereocenters. The van der Waals surface area contributed by atoms with Crippen molar-refractivity contribution in [3.63, 3.8) is 0 Å². The van der Waals surface area contributed by atoms with Gasteiger partial charge in [0.25, 0.3) is 0 Å². The molecule has 0 saturated heterocycles. The van der Waals surface area contributed by atoms with Gasteiger partial charge in [-0.1, -0.05) is 47.5 Å². The molecule has 0 aliphatic rings. The number of hydrogen-bond donors (Lipinski definition) is 1. The maximum absolute atomic E-state index is 13.2. The molecule has 2 aromatic rings. The van der Waals surface area contributed by atoms with Crippen molar-refractivity contribution in [3.8, 4) is 0 Å². The number of hydrogen-bond acceptors (Lipinski definition) is 4. The number of amides is 2. The van der Waals surface area contributed by atoms with Crippen LogP contribution in [0, 0.1) is 0 Å². The zero-order valence-electron chi connectivity index (χ0n) is 19.8. The van der Waals surface area contributed by atoms with Crippen LogP contribution in [-0.4, -0.2) is 55.1 Å². The second kappa shape index (κ2) is 12.5. The first kappa shape index (κ1) is 28.1. The van der Waals surface area contributed by atoms with Crippen LogP contribution < -0.4 is 5.32 Å². The molecule has 0 bridgehead atoms. The molecule has 7 nitrogen and oxygen atoms in total. The van der Waals surface area contributed by atoms with Gasteiger partial charge in [0.05, 0.1) is 4.90 Å². The minimum absolute atomic E-state index is 0.0686. The lowest BCUT2D eigenvalue weighted by atomic mass is 10.1. The Morgan fingerprint density at radius 2 is 1.68 bits per heavy atom. The molecule has 2 rings (SSSR count). The molecule has 0 aliphatic carbocycles. The van der Waals surface area contributed by atoms with Gasteiger partial charge in [-0.15, -0.1) is 0 Å². The highest BCUT2D eigenvalue weighted by molar-refractivity contribution is 7.89. The third-order valence-electron chi connectivity index (χ3n) is 5.27. The molecule has 0 aromatic heterocycles. The Bertz CT molecular complexity index is 1090. The second-order valence-corrected chi connectivity index (χ2v) is 11.2. The van der Waals surface area contributed by atoms with Crippen molar-refractivity contribution in [2.45, 2.75) is 57.1 Å². The van der Waals surface area contributed by atoms with E-state index in [1.807, 2.05) is 13.8 Å². The SMILES string of the molecule is CC(C)NC(=O)[C@H](C)N(Cc1ccc(Cl)cc1Cl)C(=O)CCCN(C)S(=O)(=O)c1ccccc1. The van der Waals surface area contributed by atoms with Crippen LogP contribution in [0.15, 0.2) is 53.4 Å². The molecule has 0 spiro atoms. The molecule has 2 amide bonds. The Hall–Kier alpha value is -2.13. The van der Waals surface area contributed by atoms with E-state index in [2.05, 4.69) is 5.32 Å². The Kier molecular flexibility index (Phi) is 10.4. The zero-order valence-corrected chi connectivity index (χ0v) is 22.1. The normalized spacial score (nSPS) is 12.6. The van der Waals surface area contributed by atoms with Gasteiger partial charge < -0.3 is 10.2 Å². The zero-order chi connectivity index (χ0) is 25.5. The molecule has 10 heteroatoms. The Morgan fingerprint density at radius 1 is 1.03 bits per heavy atom. The minimum atomic E-state index is -3.64. The average Bonchev–Trinajstić information content (AvgIpc) is 2.78. The van der Waals surface area contributed by atoms with E-state index in [1.54, 1.807) is 43.3 Å². The van der Waals surface area contributed by atoms with E-state index in [4.69, 9.17) is 23.2 Å². The van der Waals surface area contributed by atoms with Gasteiger partial charge in [-0.2, -0.15) is 0 Å². The predicted molar refractivity (Wildman–Crippen MR) is 135 cm³/mol. The number of nitrogens with one attached hydrogen (secondary N) is 1. The second-order valence-electron chi connectivity index (χ2n) is 8.34. The fourth-order valence-corrected chi connectivity index (χ4v) is 5.01. The van der Waals surface area contributed by atoms with Crippen LogP contribution in [0.5, 0.6) is 0 Å². The lowest BCUT2D eigenvalue weighted by molar-refractivity contribution is -0.140. The van der Waals surface area contributed by atoms with Crippen LogP contribution in [0.1, 0.15) is 39.2 Å². The minimum Gasteiger partial charge on any atom is -0.352 e. The van der Waals surface area contributed by atoms with Gasteiger partial charge in [-0.25, -0.2) is 12.7 Å². The first-order valence-corrected chi connectivity index (χ1v) is 13.2. The van der Waals surface area contributed by atoms with E-state index in [0.717, 1.165) is 0 Å². The summed E-state index contributed by atoms with van der Waals surface area (Å²) in [6.07, 6.45) is 0.365. The van der Waals surface area contributed by atoms with Crippen LogP contribution in [0.3, 0.4) is 0 Å². The number of rotatable bonds is 11. The van der Waals surface area contributed by atoms with Gasteiger partial charge in [-0.3, -0.25) is 9.59 Å². The largest absolute Gasteiger partial charge is 0.352 e. The maximum Gasteiger partial charge on any atom is 0.242 e. The van der Waals surface area contributed by atoms with Crippen molar-refractivity contribution >= 4 is 45.0 Å². The average molecular weight is 529 g/mol. The molecule has 1 N–H and O–H groups in total. The van der Waals surface area contributed by atoms with Crippen molar-refractivity contribution in [2.24, 2.45) is 0 Å². The lowest BCUT2D eigenvalue weighted by Gasteiger charge is -2.30. The number of nitrogens with zero attached hydrogens (tertiary/aromatic N) is 2. The summed E-state index contributed by atoms with van der Waals surface area (Å²) in [5.41, 5.74) is 0.660. The third kappa shape index (κ3) is 7.70. The highest BCUT2D eigenvalue weighted by Gasteiger charge is 2.27. The van der Waals surface area contributed by atoms with Crippen molar-refractivity contribution < 1.29 is 18.0 Å².